The smallest absolute Gasteiger partial charge is 0.306 e. The Kier molecular flexibility index (Phi) is 4.70. The minimum Gasteiger partial charge on any atom is -0.481 e. The second kappa shape index (κ2) is 6.31. The number of carbonyl (C=O) groups excluding carboxylic acids is 1. The number of carboxylic acid groups (broad SMARTS) is 1. The Hall–Kier alpha value is -1.49. The van der Waals surface area contributed by atoms with Gasteiger partial charge >= 0.3 is 5.97 Å². The number of likely N-dealkylation sites (tertiary alicyclic amines) is 1. The van der Waals surface area contributed by atoms with Crippen LogP contribution in [-0.4, -0.2) is 41.2 Å². The zero-order valence-electron chi connectivity index (χ0n) is 11.7. The summed E-state index contributed by atoms with van der Waals surface area (Å²) in [5.74, 6) is -0.163. The van der Waals surface area contributed by atoms with Crippen LogP contribution in [0, 0.1) is 11.8 Å². The van der Waals surface area contributed by atoms with Crippen molar-refractivity contribution in [1.82, 2.24) is 4.90 Å². The molecule has 1 atom stereocenters. The molecule has 1 aliphatic rings. The first-order valence-corrected chi connectivity index (χ1v) is 8.02. The number of amides is 1. The Morgan fingerprint density at radius 3 is 2.45 bits per heavy atom. The molecule has 5 heteroatoms. The number of aliphatic carboxylic acids is 1. The summed E-state index contributed by atoms with van der Waals surface area (Å²) in [6.07, 6.45) is 2.04. The summed E-state index contributed by atoms with van der Waals surface area (Å²) >= 11 is 1.75. The molecule has 20 heavy (non-hydrogen) atoms. The summed E-state index contributed by atoms with van der Waals surface area (Å²) in [7, 11) is 0. The number of hydrogen-bond donors (Lipinski definition) is 1. The molecule has 0 radical (unpaired) electrons. The van der Waals surface area contributed by atoms with E-state index in [2.05, 4.69) is 0 Å². The summed E-state index contributed by atoms with van der Waals surface area (Å²) in [5, 5.41) is 8.93. The van der Waals surface area contributed by atoms with Gasteiger partial charge in [-0.2, -0.15) is 11.8 Å². The van der Waals surface area contributed by atoms with E-state index in [0.717, 1.165) is 5.75 Å². The summed E-state index contributed by atoms with van der Waals surface area (Å²) in [6, 6.07) is 7.64. The van der Waals surface area contributed by atoms with Crippen LogP contribution < -0.4 is 0 Å². The predicted molar refractivity (Wildman–Crippen MR) is 79.9 cm³/mol. The molecule has 0 saturated carbocycles. The highest BCUT2D eigenvalue weighted by Crippen LogP contribution is 2.25. The van der Waals surface area contributed by atoms with Crippen LogP contribution in [0.15, 0.2) is 24.3 Å². The minimum absolute atomic E-state index is 0.00506. The first kappa shape index (κ1) is 14.9. The monoisotopic (exact) mass is 293 g/mol. The summed E-state index contributed by atoms with van der Waals surface area (Å²) in [6.45, 7) is 2.78. The van der Waals surface area contributed by atoms with Crippen LogP contribution in [0.3, 0.4) is 0 Å². The predicted octanol–water partition coefficient (Wildman–Crippen LogP) is 2.34. The number of carboxylic acids is 1. The molecule has 2 rings (SSSR count). The van der Waals surface area contributed by atoms with E-state index in [1.54, 1.807) is 23.6 Å². The topological polar surface area (TPSA) is 57.6 Å². The molecule has 1 aromatic rings. The molecule has 0 aromatic heterocycles. The zero-order valence-corrected chi connectivity index (χ0v) is 12.5. The number of rotatable bonds is 5. The fourth-order valence-electron chi connectivity index (χ4n) is 2.29. The van der Waals surface area contributed by atoms with E-state index in [0.29, 0.717) is 18.7 Å². The van der Waals surface area contributed by atoms with Crippen molar-refractivity contribution in [3.63, 3.8) is 0 Å². The minimum atomic E-state index is -0.788. The number of benzene rings is 1. The zero-order chi connectivity index (χ0) is 14.7. The van der Waals surface area contributed by atoms with E-state index in [9.17, 15) is 9.59 Å². The molecule has 1 unspecified atom stereocenters. The summed E-state index contributed by atoms with van der Waals surface area (Å²) in [5.41, 5.74) is 1.88. The van der Waals surface area contributed by atoms with Crippen molar-refractivity contribution in [1.29, 1.82) is 0 Å². The third-order valence-corrected chi connectivity index (χ3v) is 4.43. The maximum Gasteiger partial charge on any atom is 0.306 e. The van der Waals surface area contributed by atoms with Crippen molar-refractivity contribution in [2.75, 3.05) is 19.3 Å². The van der Waals surface area contributed by atoms with E-state index in [-0.39, 0.29) is 17.7 Å². The molecule has 4 nitrogen and oxygen atoms in total. The maximum absolute atomic E-state index is 12.2. The van der Waals surface area contributed by atoms with Gasteiger partial charge in [0, 0.05) is 30.3 Å². The van der Waals surface area contributed by atoms with Crippen molar-refractivity contribution in [3.8, 4) is 0 Å². The van der Waals surface area contributed by atoms with Gasteiger partial charge in [-0.15, -0.1) is 0 Å². The Bertz CT molecular complexity index is 494. The number of hydrogen-bond acceptors (Lipinski definition) is 3. The molecule has 1 amide bonds. The number of thioether (sulfide) groups is 1. The number of carbonyl (C=O) groups is 2. The fourth-order valence-corrected chi connectivity index (χ4v) is 2.81. The highest BCUT2D eigenvalue weighted by Gasteiger charge is 2.37. The van der Waals surface area contributed by atoms with Gasteiger partial charge in [0.2, 0.25) is 0 Å². The molecular formula is C15H19NO3S. The normalized spacial score (nSPS) is 16.6. The highest BCUT2D eigenvalue weighted by atomic mass is 32.2. The SMILES string of the molecule is CSCc1ccc(C(=O)N2CC(C(C)C(=O)O)C2)cc1. The quantitative estimate of drug-likeness (QED) is 0.905. The molecule has 1 heterocycles. The first-order valence-electron chi connectivity index (χ1n) is 6.63. The van der Waals surface area contributed by atoms with Gasteiger partial charge < -0.3 is 10.0 Å². The molecular weight excluding hydrogens is 274 g/mol. The average molecular weight is 293 g/mol. The summed E-state index contributed by atoms with van der Waals surface area (Å²) in [4.78, 5) is 24.8. The lowest BCUT2D eigenvalue weighted by Gasteiger charge is -2.41. The van der Waals surface area contributed by atoms with Crippen molar-refractivity contribution in [2.24, 2.45) is 11.8 Å². The van der Waals surface area contributed by atoms with Gasteiger partial charge in [0.15, 0.2) is 0 Å². The second-order valence-electron chi connectivity index (χ2n) is 5.23. The van der Waals surface area contributed by atoms with Gasteiger partial charge in [0.05, 0.1) is 5.92 Å². The van der Waals surface area contributed by atoms with E-state index < -0.39 is 5.97 Å². The van der Waals surface area contributed by atoms with Crippen molar-refractivity contribution >= 4 is 23.6 Å². The van der Waals surface area contributed by atoms with Gasteiger partial charge in [0.25, 0.3) is 5.91 Å². The lowest BCUT2D eigenvalue weighted by molar-refractivity contribution is -0.144. The largest absolute Gasteiger partial charge is 0.481 e. The van der Waals surface area contributed by atoms with E-state index in [1.807, 2.05) is 30.5 Å². The number of nitrogens with zero attached hydrogens (tertiary/aromatic N) is 1. The van der Waals surface area contributed by atoms with Crippen molar-refractivity contribution in [3.05, 3.63) is 35.4 Å². The molecule has 1 N–H and O–H groups in total. The van der Waals surface area contributed by atoms with Crippen LogP contribution in [0.25, 0.3) is 0 Å². The Balaban J connectivity index is 1.92. The van der Waals surface area contributed by atoms with Gasteiger partial charge in [-0.1, -0.05) is 19.1 Å². The van der Waals surface area contributed by atoms with Crippen LogP contribution in [0.1, 0.15) is 22.8 Å². The fraction of sp³-hybridized carbons (Fsp3) is 0.467. The molecule has 1 aliphatic heterocycles. The van der Waals surface area contributed by atoms with Crippen molar-refractivity contribution in [2.45, 2.75) is 12.7 Å². The third kappa shape index (κ3) is 3.15. The second-order valence-corrected chi connectivity index (χ2v) is 6.09. The summed E-state index contributed by atoms with van der Waals surface area (Å²) < 4.78 is 0. The first-order chi connectivity index (χ1) is 9.52. The standard InChI is InChI=1S/C15H19NO3S/c1-10(15(18)19)13-7-16(8-13)14(17)12-5-3-11(4-6-12)9-20-2/h3-6,10,13H,7-9H2,1-2H3,(H,18,19). The molecule has 108 valence electrons. The third-order valence-electron chi connectivity index (χ3n) is 3.81. The van der Waals surface area contributed by atoms with Crippen LogP contribution in [0.2, 0.25) is 0 Å². The Labute approximate surface area is 123 Å². The van der Waals surface area contributed by atoms with Crippen LogP contribution in [-0.2, 0) is 10.5 Å². The van der Waals surface area contributed by atoms with E-state index >= 15 is 0 Å². The van der Waals surface area contributed by atoms with Crippen LogP contribution in [0.4, 0.5) is 0 Å². The molecule has 0 bridgehead atoms. The Morgan fingerprint density at radius 1 is 1.35 bits per heavy atom. The molecule has 1 saturated heterocycles. The molecule has 1 fully saturated rings. The molecule has 0 aliphatic carbocycles. The van der Waals surface area contributed by atoms with Gasteiger partial charge in [-0.3, -0.25) is 9.59 Å². The van der Waals surface area contributed by atoms with Gasteiger partial charge in [0.1, 0.15) is 0 Å². The average Bonchev–Trinajstić information content (AvgIpc) is 2.37. The lowest BCUT2D eigenvalue weighted by atomic mass is 9.86. The van der Waals surface area contributed by atoms with Crippen molar-refractivity contribution < 1.29 is 14.7 Å². The van der Waals surface area contributed by atoms with E-state index in [4.69, 9.17) is 5.11 Å². The van der Waals surface area contributed by atoms with Crippen LogP contribution in [0.5, 0.6) is 0 Å². The van der Waals surface area contributed by atoms with Gasteiger partial charge in [-0.05, 0) is 24.0 Å². The van der Waals surface area contributed by atoms with E-state index in [1.165, 1.54) is 5.56 Å². The lowest BCUT2D eigenvalue weighted by Crippen LogP contribution is -2.53. The highest BCUT2D eigenvalue weighted by molar-refractivity contribution is 7.97. The molecule has 1 aromatic carbocycles. The Morgan fingerprint density at radius 2 is 1.95 bits per heavy atom. The van der Waals surface area contributed by atoms with Crippen LogP contribution >= 0.6 is 11.8 Å². The van der Waals surface area contributed by atoms with Gasteiger partial charge in [-0.25, -0.2) is 0 Å². The molecule has 0 spiro atoms. The maximum atomic E-state index is 12.2.